The van der Waals surface area contributed by atoms with Crippen molar-refractivity contribution in [1.82, 2.24) is 20.4 Å². The number of rotatable bonds is 12. The molecule has 2 N–H and O–H groups in total. The van der Waals surface area contributed by atoms with Gasteiger partial charge in [0.05, 0.1) is 12.8 Å². The second-order valence-electron chi connectivity index (χ2n) is 8.70. The highest BCUT2D eigenvalue weighted by molar-refractivity contribution is 6.30. The molecule has 1 saturated heterocycles. The van der Waals surface area contributed by atoms with E-state index in [0.29, 0.717) is 36.0 Å². The van der Waals surface area contributed by atoms with E-state index in [1.165, 1.54) is 0 Å². The zero-order valence-electron chi connectivity index (χ0n) is 19.6. The van der Waals surface area contributed by atoms with E-state index in [0.717, 1.165) is 63.2 Å². The zero-order valence-corrected chi connectivity index (χ0v) is 21.1. The summed E-state index contributed by atoms with van der Waals surface area (Å²) in [5.74, 6) is 0.0970. The van der Waals surface area contributed by atoms with Crippen LogP contribution in [0, 0.1) is 0 Å². The maximum absolute atomic E-state index is 12.1. The molecular formula is C26H34Cl2N4O2. The number of amides is 2. The predicted molar refractivity (Wildman–Crippen MR) is 138 cm³/mol. The Hall–Kier alpha value is -2.12. The van der Waals surface area contributed by atoms with Gasteiger partial charge in [0.15, 0.2) is 0 Å². The zero-order chi connectivity index (χ0) is 24.2. The van der Waals surface area contributed by atoms with Crippen molar-refractivity contribution in [1.29, 1.82) is 0 Å². The Morgan fingerprint density at radius 1 is 0.647 bits per heavy atom. The van der Waals surface area contributed by atoms with Gasteiger partial charge in [-0.05, 0) is 61.3 Å². The number of nitrogens with zero attached hydrogens (tertiary/aromatic N) is 2. The number of hydrogen-bond acceptors (Lipinski definition) is 4. The van der Waals surface area contributed by atoms with Gasteiger partial charge in [0.2, 0.25) is 11.8 Å². The van der Waals surface area contributed by atoms with Crippen molar-refractivity contribution in [3.8, 4) is 0 Å². The number of benzene rings is 2. The van der Waals surface area contributed by atoms with E-state index in [4.69, 9.17) is 23.2 Å². The van der Waals surface area contributed by atoms with Crippen molar-refractivity contribution < 1.29 is 9.59 Å². The molecule has 1 heterocycles. The van der Waals surface area contributed by atoms with E-state index >= 15 is 0 Å². The lowest BCUT2D eigenvalue weighted by molar-refractivity contribution is -0.121. The molecule has 0 aromatic heterocycles. The van der Waals surface area contributed by atoms with Crippen LogP contribution >= 0.6 is 23.2 Å². The van der Waals surface area contributed by atoms with Crippen molar-refractivity contribution in [2.24, 2.45) is 0 Å². The summed E-state index contributed by atoms with van der Waals surface area (Å²) < 4.78 is 0. The molecule has 2 aromatic carbocycles. The molecule has 0 aliphatic carbocycles. The van der Waals surface area contributed by atoms with E-state index < -0.39 is 0 Å². The normalized spacial score (nSPS) is 14.6. The predicted octanol–water partition coefficient (Wildman–Crippen LogP) is 3.41. The molecule has 3 rings (SSSR count). The SMILES string of the molecule is O=C(Cc1ccc(Cl)cc1)NCCCN1CCN(CCCNC(=O)Cc2ccc(Cl)cc2)CC1. The van der Waals surface area contributed by atoms with Crippen molar-refractivity contribution in [3.05, 3.63) is 69.7 Å². The summed E-state index contributed by atoms with van der Waals surface area (Å²) in [5.41, 5.74) is 1.94. The first-order valence-electron chi connectivity index (χ1n) is 11.9. The minimum atomic E-state index is 0.0485. The van der Waals surface area contributed by atoms with Gasteiger partial charge in [0.1, 0.15) is 0 Å². The Bertz CT molecular complexity index is 823. The lowest BCUT2D eigenvalue weighted by Gasteiger charge is -2.34. The Kier molecular flexibility index (Phi) is 11.2. The highest BCUT2D eigenvalue weighted by Gasteiger charge is 2.16. The van der Waals surface area contributed by atoms with Crippen LogP contribution in [0.2, 0.25) is 10.0 Å². The van der Waals surface area contributed by atoms with E-state index in [9.17, 15) is 9.59 Å². The summed E-state index contributed by atoms with van der Waals surface area (Å²) >= 11 is 11.8. The topological polar surface area (TPSA) is 64.7 Å². The summed E-state index contributed by atoms with van der Waals surface area (Å²) in [5, 5.41) is 7.38. The first-order chi connectivity index (χ1) is 16.5. The minimum Gasteiger partial charge on any atom is -0.356 e. The summed E-state index contributed by atoms with van der Waals surface area (Å²) in [6.45, 7) is 7.56. The Labute approximate surface area is 212 Å². The fraction of sp³-hybridized carbons (Fsp3) is 0.462. The number of carbonyl (C=O) groups is 2. The first-order valence-corrected chi connectivity index (χ1v) is 12.7. The minimum absolute atomic E-state index is 0.0485. The molecule has 0 bridgehead atoms. The second-order valence-corrected chi connectivity index (χ2v) is 9.57. The van der Waals surface area contributed by atoms with Gasteiger partial charge in [-0.25, -0.2) is 0 Å². The van der Waals surface area contributed by atoms with Crippen LogP contribution in [0.5, 0.6) is 0 Å². The van der Waals surface area contributed by atoms with Crippen molar-refractivity contribution in [2.75, 3.05) is 52.4 Å². The smallest absolute Gasteiger partial charge is 0.224 e. The van der Waals surface area contributed by atoms with Crippen molar-refractivity contribution >= 4 is 35.0 Å². The Balaban J connectivity index is 1.18. The van der Waals surface area contributed by atoms with Gasteiger partial charge >= 0.3 is 0 Å². The third kappa shape index (κ3) is 10.0. The van der Waals surface area contributed by atoms with Gasteiger partial charge in [0, 0.05) is 49.3 Å². The van der Waals surface area contributed by atoms with Crippen LogP contribution in [0.3, 0.4) is 0 Å². The number of hydrogen-bond donors (Lipinski definition) is 2. The monoisotopic (exact) mass is 504 g/mol. The Morgan fingerprint density at radius 3 is 1.35 bits per heavy atom. The van der Waals surface area contributed by atoms with Gasteiger partial charge in [0.25, 0.3) is 0 Å². The van der Waals surface area contributed by atoms with Gasteiger partial charge in [-0.15, -0.1) is 0 Å². The standard InChI is InChI=1S/C26H34Cl2N4O2/c27-23-7-3-21(4-8-23)19-25(33)29-11-1-13-31-15-17-32(18-16-31)14-2-12-30-26(34)20-22-5-9-24(28)10-6-22/h3-10H,1-2,11-20H2,(H,29,33)(H,30,34). The van der Waals surface area contributed by atoms with Crippen LogP contribution in [0.4, 0.5) is 0 Å². The van der Waals surface area contributed by atoms with E-state index in [1.807, 2.05) is 48.5 Å². The van der Waals surface area contributed by atoms with Crippen LogP contribution in [0.25, 0.3) is 0 Å². The van der Waals surface area contributed by atoms with E-state index in [2.05, 4.69) is 20.4 Å². The van der Waals surface area contributed by atoms with E-state index in [1.54, 1.807) is 0 Å². The van der Waals surface area contributed by atoms with Crippen LogP contribution in [0.1, 0.15) is 24.0 Å². The highest BCUT2D eigenvalue weighted by Crippen LogP contribution is 2.11. The van der Waals surface area contributed by atoms with Crippen LogP contribution < -0.4 is 10.6 Å². The average Bonchev–Trinajstić information content (AvgIpc) is 2.83. The third-order valence-electron chi connectivity index (χ3n) is 5.97. The molecule has 1 fully saturated rings. The average molecular weight is 505 g/mol. The van der Waals surface area contributed by atoms with Crippen molar-refractivity contribution in [2.45, 2.75) is 25.7 Å². The van der Waals surface area contributed by atoms with Gasteiger partial charge < -0.3 is 20.4 Å². The van der Waals surface area contributed by atoms with Crippen LogP contribution in [0.15, 0.2) is 48.5 Å². The molecule has 1 aliphatic rings. The number of nitrogens with one attached hydrogen (secondary N) is 2. The molecule has 34 heavy (non-hydrogen) atoms. The maximum Gasteiger partial charge on any atom is 0.224 e. The highest BCUT2D eigenvalue weighted by atomic mass is 35.5. The largest absolute Gasteiger partial charge is 0.356 e. The molecule has 0 atom stereocenters. The van der Waals surface area contributed by atoms with Gasteiger partial charge in [-0.3, -0.25) is 9.59 Å². The first kappa shape index (κ1) is 26.5. The molecular weight excluding hydrogens is 471 g/mol. The molecule has 0 unspecified atom stereocenters. The molecule has 2 aromatic rings. The molecule has 1 aliphatic heterocycles. The van der Waals surface area contributed by atoms with Gasteiger partial charge in [-0.2, -0.15) is 0 Å². The van der Waals surface area contributed by atoms with Crippen LogP contribution in [-0.2, 0) is 22.4 Å². The maximum atomic E-state index is 12.1. The molecule has 6 nitrogen and oxygen atoms in total. The summed E-state index contributed by atoms with van der Waals surface area (Å²) in [6, 6.07) is 14.8. The number of piperazine rings is 1. The summed E-state index contributed by atoms with van der Waals surface area (Å²) in [4.78, 5) is 29.0. The molecule has 184 valence electrons. The van der Waals surface area contributed by atoms with Crippen LogP contribution in [-0.4, -0.2) is 74.0 Å². The lowest BCUT2D eigenvalue weighted by Crippen LogP contribution is -2.47. The summed E-state index contributed by atoms with van der Waals surface area (Å²) in [7, 11) is 0. The lowest BCUT2D eigenvalue weighted by atomic mass is 10.1. The molecule has 2 amide bonds. The summed E-state index contributed by atoms with van der Waals surface area (Å²) in [6.07, 6.45) is 2.67. The Morgan fingerprint density at radius 2 is 1.00 bits per heavy atom. The van der Waals surface area contributed by atoms with Gasteiger partial charge in [-0.1, -0.05) is 47.5 Å². The van der Waals surface area contributed by atoms with E-state index in [-0.39, 0.29) is 11.8 Å². The molecule has 0 spiro atoms. The second kappa shape index (κ2) is 14.3. The number of carbonyl (C=O) groups excluding carboxylic acids is 2. The fourth-order valence-electron chi connectivity index (χ4n) is 4.00. The number of halogens is 2. The molecule has 0 radical (unpaired) electrons. The molecule has 8 heteroatoms. The third-order valence-corrected chi connectivity index (χ3v) is 6.47. The molecule has 0 saturated carbocycles. The quantitative estimate of drug-likeness (QED) is 0.434. The fourth-order valence-corrected chi connectivity index (χ4v) is 4.25. The van der Waals surface area contributed by atoms with Crippen molar-refractivity contribution in [3.63, 3.8) is 0 Å².